The zero-order valence-corrected chi connectivity index (χ0v) is 10.2. The molecule has 1 aromatic heterocycles. The monoisotopic (exact) mass is 266 g/mol. The number of benzene rings is 1. The van der Waals surface area contributed by atoms with Gasteiger partial charge in [0, 0.05) is 15.9 Å². The molecular weight excluding hydrogens is 256 g/mol. The van der Waals surface area contributed by atoms with Crippen LogP contribution < -0.4 is 0 Å². The molecule has 0 aliphatic heterocycles. The Morgan fingerprint density at radius 2 is 2.07 bits per heavy atom. The second-order valence-corrected chi connectivity index (χ2v) is 4.23. The van der Waals surface area contributed by atoms with Crippen LogP contribution in [0.1, 0.15) is 22.6 Å². The summed E-state index contributed by atoms with van der Waals surface area (Å²) in [5, 5.41) is 7.68. The Morgan fingerprint density at radius 1 is 1.27 bits per heavy atom. The summed E-state index contributed by atoms with van der Waals surface area (Å²) in [5.41, 5.74) is 3.72. The minimum absolute atomic E-state index is 0.433. The zero-order chi connectivity index (χ0) is 10.8. The molecule has 0 unspecified atom stereocenters. The van der Waals surface area contributed by atoms with Crippen LogP contribution in [0.25, 0.3) is 0 Å². The largest absolute Gasteiger partial charge is 0.415 e. The molecule has 0 aliphatic rings. The molecule has 0 amide bonds. The van der Waals surface area contributed by atoms with E-state index in [1.165, 1.54) is 16.7 Å². The second-order valence-electron chi connectivity index (χ2n) is 3.56. The summed E-state index contributed by atoms with van der Waals surface area (Å²) in [6.07, 6.45) is 0.687. The first-order valence-corrected chi connectivity index (χ1v) is 5.48. The summed E-state index contributed by atoms with van der Waals surface area (Å²) in [6, 6.07) is 6.35. The Kier molecular flexibility index (Phi) is 2.86. The van der Waals surface area contributed by atoms with Gasteiger partial charge in [-0.15, -0.1) is 10.2 Å². The average molecular weight is 267 g/mol. The second kappa shape index (κ2) is 4.14. The third-order valence-electron chi connectivity index (χ3n) is 2.29. The first kappa shape index (κ1) is 10.4. The van der Waals surface area contributed by atoms with Gasteiger partial charge in [-0.1, -0.05) is 23.8 Å². The highest BCUT2D eigenvalue weighted by molar-refractivity contribution is 9.10. The molecule has 78 valence electrons. The molecule has 0 saturated heterocycles. The lowest BCUT2D eigenvalue weighted by atomic mass is 10.0. The van der Waals surface area contributed by atoms with Crippen LogP contribution in [0, 0.1) is 13.8 Å². The predicted molar refractivity (Wildman–Crippen MR) is 60.7 cm³/mol. The number of hydrogen-bond donors (Lipinski definition) is 0. The predicted octanol–water partition coefficient (Wildman–Crippen LogP) is 3.04. The molecular formula is C11H11BrN2O. The summed E-state index contributed by atoms with van der Waals surface area (Å²) in [7, 11) is 0. The van der Waals surface area contributed by atoms with Gasteiger partial charge in [0.05, 0.1) is 6.42 Å². The molecule has 2 rings (SSSR count). The highest BCUT2D eigenvalue weighted by Gasteiger charge is 2.06. The first-order chi connectivity index (χ1) is 7.15. The fraction of sp³-hybridized carbons (Fsp3) is 0.273. The van der Waals surface area contributed by atoms with Gasteiger partial charge in [0.2, 0.25) is 5.89 Å². The zero-order valence-electron chi connectivity index (χ0n) is 8.62. The van der Waals surface area contributed by atoms with Gasteiger partial charge >= 0.3 is 0 Å². The molecule has 2 aromatic rings. The lowest BCUT2D eigenvalue weighted by Crippen LogP contribution is -1.93. The van der Waals surface area contributed by atoms with Crippen molar-refractivity contribution in [1.82, 2.24) is 10.2 Å². The van der Waals surface area contributed by atoms with Gasteiger partial charge in [-0.05, 0) is 25.0 Å². The standard InChI is InChI=1S/C11H11BrN2O/c1-7-3-4-8(2)9(5-7)6-10-13-14-11(12)15-10/h3-5H,6H2,1-2H3. The quantitative estimate of drug-likeness (QED) is 0.839. The molecule has 15 heavy (non-hydrogen) atoms. The van der Waals surface area contributed by atoms with Crippen LogP contribution >= 0.6 is 15.9 Å². The lowest BCUT2D eigenvalue weighted by Gasteiger charge is -2.03. The SMILES string of the molecule is Cc1ccc(C)c(Cc2nnc(Br)o2)c1. The maximum Gasteiger partial charge on any atom is 0.284 e. The summed E-state index contributed by atoms with van der Waals surface area (Å²) >= 11 is 3.14. The van der Waals surface area contributed by atoms with Gasteiger partial charge in [0.25, 0.3) is 4.80 Å². The molecule has 0 spiro atoms. The molecule has 0 radical (unpaired) electrons. The van der Waals surface area contributed by atoms with Crippen molar-refractivity contribution in [2.75, 3.05) is 0 Å². The summed E-state index contributed by atoms with van der Waals surface area (Å²) in [5.74, 6) is 0.635. The molecule has 1 aromatic carbocycles. The van der Waals surface area contributed by atoms with Crippen molar-refractivity contribution in [1.29, 1.82) is 0 Å². The van der Waals surface area contributed by atoms with Crippen molar-refractivity contribution in [2.24, 2.45) is 0 Å². The van der Waals surface area contributed by atoms with Crippen molar-refractivity contribution < 1.29 is 4.42 Å². The Labute approximate surface area is 96.7 Å². The van der Waals surface area contributed by atoms with Gasteiger partial charge in [0.1, 0.15) is 0 Å². The van der Waals surface area contributed by atoms with Crippen LogP contribution in [0.15, 0.2) is 27.4 Å². The van der Waals surface area contributed by atoms with Crippen LogP contribution in [-0.2, 0) is 6.42 Å². The minimum Gasteiger partial charge on any atom is -0.415 e. The van der Waals surface area contributed by atoms with Crippen molar-refractivity contribution in [3.63, 3.8) is 0 Å². The van der Waals surface area contributed by atoms with Crippen LogP contribution in [0.2, 0.25) is 0 Å². The summed E-state index contributed by atoms with van der Waals surface area (Å²) in [4.78, 5) is 0.433. The molecule has 0 aliphatic carbocycles. The van der Waals surface area contributed by atoms with E-state index in [0.29, 0.717) is 17.1 Å². The number of nitrogens with zero attached hydrogens (tertiary/aromatic N) is 2. The van der Waals surface area contributed by atoms with E-state index in [1.807, 2.05) is 0 Å². The van der Waals surface area contributed by atoms with Gasteiger partial charge in [0.15, 0.2) is 0 Å². The highest BCUT2D eigenvalue weighted by atomic mass is 79.9. The van der Waals surface area contributed by atoms with E-state index < -0.39 is 0 Å². The lowest BCUT2D eigenvalue weighted by molar-refractivity contribution is 0.482. The summed E-state index contributed by atoms with van der Waals surface area (Å²) < 4.78 is 5.28. The molecule has 0 atom stereocenters. The van der Waals surface area contributed by atoms with Crippen molar-refractivity contribution in [3.05, 3.63) is 45.6 Å². The van der Waals surface area contributed by atoms with Gasteiger partial charge in [-0.3, -0.25) is 0 Å². The number of halogens is 1. The number of rotatable bonds is 2. The molecule has 0 fully saturated rings. The molecule has 3 nitrogen and oxygen atoms in total. The van der Waals surface area contributed by atoms with E-state index in [-0.39, 0.29) is 0 Å². The maximum absolute atomic E-state index is 5.28. The van der Waals surface area contributed by atoms with Crippen LogP contribution in [0.5, 0.6) is 0 Å². The van der Waals surface area contributed by atoms with E-state index in [0.717, 1.165) is 0 Å². The molecule has 0 bridgehead atoms. The maximum atomic E-state index is 5.28. The fourth-order valence-corrected chi connectivity index (χ4v) is 1.72. The Balaban J connectivity index is 2.27. The smallest absolute Gasteiger partial charge is 0.284 e. The summed E-state index contributed by atoms with van der Waals surface area (Å²) in [6.45, 7) is 4.16. The molecule has 0 N–H and O–H groups in total. The third kappa shape index (κ3) is 2.45. The molecule has 0 saturated carbocycles. The first-order valence-electron chi connectivity index (χ1n) is 4.69. The number of aromatic nitrogens is 2. The van der Waals surface area contributed by atoms with Gasteiger partial charge < -0.3 is 4.42 Å². The number of hydrogen-bond acceptors (Lipinski definition) is 3. The molecule has 1 heterocycles. The third-order valence-corrected chi connectivity index (χ3v) is 2.61. The van der Waals surface area contributed by atoms with Crippen LogP contribution in [0.4, 0.5) is 0 Å². The Bertz CT molecular complexity index is 479. The van der Waals surface area contributed by atoms with E-state index in [9.17, 15) is 0 Å². The highest BCUT2D eigenvalue weighted by Crippen LogP contribution is 2.16. The topological polar surface area (TPSA) is 38.9 Å². The Hall–Kier alpha value is -1.16. The van der Waals surface area contributed by atoms with E-state index in [1.54, 1.807) is 0 Å². The Morgan fingerprint density at radius 3 is 2.73 bits per heavy atom. The van der Waals surface area contributed by atoms with E-state index in [2.05, 4.69) is 58.2 Å². The van der Waals surface area contributed by atoms with Crippen LogP contribution in [-0.4, -0.2) is 10.2 Å². The van der Waals surface area contributed by atoms with Crippen molar-refractivity contribution >= 4 is 15.9 Å². The minimum atomic E-state index is 0.433. The molecule has 4 heteroatoms. The van der Waals surface area contributed by atoms with Crippen molar-refractivity contribution in [3.8, 4) is 0 Å². The number of aryl methyl sites for hydroxylation is 2. The fourth-order valence-electron chi connectivity index (χ4n) is 1.46. The normalized spacial score (nSPS) is 10.6. The van der Waals surface area contributed by atoms with Crippen molar-refractivity contribution in [2.45, 2.75) is 20.3 Å². The average Bonchev–Trinajstić information content (AvgIpc) is 2.58. The van der Waals surface area contributed by atoms with E-state index in [4.69, 9.17) is 4.42 Å². The van der Waals surface area contributed by atoms with E-state index >= 15 is 0 Å². The van der Waals surface area contributed by atoms with Gasteiger partial charge in [-0.2, -0.15) is 0 Å². The van der Waals surface area contributed by atoms with Gasteiger partial charge in [-0.25, -0.2) is 0 Å². The van der Waals surface area contributed by atoms with Crippen LogP contribution in [0.3, 0.4) is 0 Å².